The number of hydrogen-bond donors (Lipinski definition) is 2. The Hall–Kier alpha value is -3.09. The van der Waals surface area contributed by atoms with Gasteiger partial charge in [0.2, 0.25) is 11.3 Å². The minimum Gasteiger partial charge on any atom is -0.503 e. The van der Waals surface area contributed by atoms with Gasteiger partial charge in [-0.25, -0.2) is 4.79 Å². The SMILES string of the molecule is COC(=O)C(NC(=O)Cn1ccc(=O)c(O)c1C)c1cc(C)cc(C)c1. The Morgan fingerprint density at radius 1 is 1.19 bits per heavy atom. The second kappa shape index (κ2) is 7.86. The molecule has 1 aromatic carbocycles. The first-order chi connectivity index (χ1) is 12.2. The highest BCUT2D eigenvalue weighted by atomic mass is 16.5. The van der Waals surface area contributed by atoms with Crippen molar-refractivity contribution in [2.45, 2.75) is 33.4 Å². The first-order valence-electron chi connectivity index (χ1n) is 8.07. The fraction of sp³-hybridized carbons (Fsp3) is 0.316. The Morgan fingerprint density at radius 3 is 2.38 bits per heavy atom. The van der Waals surface area contributed by atoms with E-state index < -0.39 is 29.1 Å². The standard InChI is InChI=1S/C19H22N2O5/c1-11-7-12(2)9-14(8-11)17(19(25)26-4)20-16(23)10-21-6-5-15(22)18(24)13(21)3/h5-9,17,24H,10H2,1-4H3,(H,20,23). The number of aromatic nitrogens is 1. The van der Waals surface area contributed by atoms with Gasteiger partial charge in [0.15, 0.2) is 11.8 Å². The maximum Gasteiger partial charge on any atom is 0.333 e. The molecule has 1 atom stereocenters. The van der Waals surface area contributed by atoms with Crippen LogP contribution in [0.25, 0.3) is 0 Å². The average molecular weight is 358 g/mol. The van der Waals surface area contributed by atoms with E-state index in [4.69, 9.17) is 4.74 Å². The zero-order valence-electron chi connectivity index (χ0n) is 15.2. The van der Waals surface area contributed by atoms with Gasteiger partial charge >= 0.3 is 5.97 Å². The molecular formula is C19H22N2O5. The summed E-state index contributed by atoms with van der Waals surface area (Å²) in [5.41, 5.74) is 2.31. The number of esters is 1. The third-order valence-corrected chi connectivity index (χ3v) is 4.05. The molecule has 0 saturated heterocycles. The molecular weight excluding hydrogens is 336 g/mol. The molecule has 138 valence electrons. The molecule has 0 aliphatic carbocycles. The topological polar surface area (TPSA) is 97.6 Å². The minimum atomic E-state index is -0.945. The third kappa shape index (κ3) is 4.30. The van der Waals surface area contributed by atoms with Crippen molar-refractivity contribution in [3.8, 4) is 5.75 Å². The highest BCUT2D eigenvalue weighted by Gasteiger charge is 2.24. The normalized spacial score (nSPS) is 11.7. The van der Waals surface area contributed by atoms with Gasteiger partial charge in [-0.15, -0.1) is 0 Å². The van der Waals surface area contributed by atoms with E-state index in [-0.39, 0.29) is 12.2 Å². The number of hydrogen-bond acceptors (Lipinski definition) is 5. The summed E-state index contributed by atoms with van der Waals surface area (Å²) in [6.45, 7) is 5.18. The van der Waals surface area contributed by atoms with E-state index in [1.165, 1.54) is 30.9 Å². The molecule has 0 bridgehead atoms. The number of amides is 1. The number of methoxy groups -OCH3 is 1. The van der Waals surface area contributed by atoms with E-state index in [9.17, 15) is 19.5 Å². The van der Waals surface area contributed by atoms with Crippen LogP contribution < -0.4 is 10.7 Å². The van der Waals surface area contributed by atoms with Crippen molar-refractivity contribution in [3.63, 3.8) is 0 Å². The molecule has 1 heterocycles. The number of benzene rings is 1. The lowest BCUT2D eigenvalue weighted by Crippen LogP contribution is -2.37. The zero-order valence-corrected chi connectivity index (χ0v) is 15.2. The number of rotatable bonds is 5. The van der Waals surface area contributed by atoms with Gasteiger partial charge < -0.3 is 19.7 Å². The van der Waals surface area contributed by atoms with Crippen molar-refractivity contribution < 1.29 is 19.4 Å². The van der Waals surface area contributed by atoms with Gasteiger partial charge in [-0.1, -0.05) is 29.3 Å². The highest BCUT2D eigenvalue weighted by Crippen LogP contribution is 2.19. The number of nitrogens with zero attached hydrogens (tertiary/aromatic N) is 1. The quantitative estimate of drug-likeness (QED) is 0.790. The molecule has 7 heteroatoms. The maximum atomic E-state index is 12.4. The van der Waals surface area contributed by atoms with Gasteiger partial charge in [0, 0.05) is 12.3 Å². The molecule has 1 amide bonds. The van der Waals surface area contributed by atoms with Crippen molar-refractivity contribution in [1.82, 2.24) is 9.88 Å². The minimum absolute atomic E-state index is 0.155. The Kier molecular flexibility index (Phi) is 5.82. The van der Waals surface area contributed by atoms with Crippen LogP contribution in [0.1, 0.15) is 28.4 Å². The van der Waals surface area contributed by atoms with Gasteiger partial charge in [-0.3, -0.25) is 9.59 Å². The number of carbonyl (C=O) groups excluding carboxylic acids is 2. The number of carbonyl (C=O) groups is 2. The Morgan fingerprint density at radius 2 is 1.81 bits per heavy atom. The average Bonchev–Trinajstić information content (AvgIpc) is 2.58. The summed E-state index contributed by atoms with van der Waals surface area (Å²) in [7, 11) is 1.26. The predicted molar refractivity (Wildman–Crippen MR) is 95.9 cm³/mol. The van der Waals surface area contributed by atoms with Crippen LogP contribution in [0, 0.1) is 20.8 Å². The molecule has 0 spiro atoms. The summed E-state index contributed by atoms with van der Waals surface area (Å²) in [5.74, 6) is -1.44. The molecule has 0 aliphatic heterocycles. The maximum absolute atomic E-state index is 12.4. The predicted octanol–water partition coefficient (Wildman–Crippen LogP) is 1.51. The van der Waals surface area contributed by atoms with Crippen molar-refractivity contribution in [3.05, 3.63) is 63.1 Å². The number of aromatic hydroxyl groups is 1. The highest BCUT2D eigenvalue weighted by molar-refractivity contribution is 5.85. The van der Waals surface area contributed by atoms with Crippen LogP contribution in [0.4, 0.5) is 0 Å². The molecule has 2 N–H and O–H groups in total. The van der Waals surface area contributed by atoms with Gasteiger partial charge in [0.05, 0.1) is 12.8 Å². The van der Waals surface area contributed by atoms with Crippen LogP contribution >= 0.6 is 0 Å². The Bertz CT molecular complexity index is 881. The van der Waals surface area contributed by atoms with Crippen LogP contribution in [0.3, 0.4) is 0 Å². The smallest absolute Gasteiger partial charge is 0.333 e. The molecule has 1 aromatic heterocycles. The summed E-state index contributed by atoms with van der Waals surface area (Å²) in [6, 6.07) is 5.82. The summed E-state index contributed by atoms with van der Waals surface area (Å²) in [5, 5.41) is 12.4. The fourth-order valence-electron chi connectivity index (χ4n) is 2.77. The first kappa shape index (κ1) is 19.2. The molecule has 0 saturated carbocycles. The number of aryl methyl sites for hydroxylation is 2. The number of pyridine rings is 1. The first-order valence-corrected chi connectivity index (χ1v) is 8.07. The molecule has 2 rings (SSSR count). The van der Waals surface area contributed by atoms with Crippen LogP contribution in [-0.4, -0.2) is 28.7 Å². The van der Waals surface area contributed by atoms with E-state index in [0.717, 1.165) is 11.1 Å². The van der Waals surface area contributed by atoms with Crippen molar-refractivity contribution in [1.29, 1.82) is 0 Å². The number of nitrogens with one attached hydrogen (secondary N) is 1. The second-order valence-electron chi connectivity index (χ2n) is 6.19. The van der Waals surface area contributed by atoms with Gasteiger partial charge in [-0.2, -0.15) is 0 Å². The van der Waals surface area contributed by atoms with Crippen LogP contribution in [0.5, 0.6) is 5.75 Å². The van der Waals surface area contributed by atoms with Gasteiger partial charge in [0.1, 0.15) is 6.54 Å². The van der Waals surface area contributed by atoms with E-state index >= 15 is 0 Å². The molecule has 26 heavy (non-hydrogen) atoms. The lowest BCUT2D eigenvalue weighted by molar-refractivity contribution is -0.145. The van der Waals surface area contributed by atoms with Gasteiger partial charge in [0.25, 0.3) is 0 Å². The Labute approximate surface area is 151 Å². The molecule has 0 fully saturated rings. The van der Waals surface area contributed by atoms with E-state index in [2.05, 4.69) is 5.32 Å². The van der Waals surface area contributed by atoms with Crippen LogP contribution in [-0.2, 0) is 20.9 Å². The fourth-order valence-corrected chi connectivity index (χ4v) is 2.77. The van der Waals surface area contributed by atoms with Crippen molar-refractivity contribution >= 4 is 11.9 Å². The third-order valence-electron chi connectivity index (χ3n) is 4.05. The largest absolute Gasteiger partial charge is 0.503 e. The monoisotopic (exact) mass is 358 g/mol. The lowest BCUT2D eigenvalue weighted by Gasteiger charge is -2.19. The lowest BCUT2D eigenvalue weighted by atomic mass is 10.0. The summed E-state index contributed by atoms with van der Waals surface area (Å²) in [6.07, 6.45) is 1.42. The molecule has 2 aromatic rings. The zero-order chi connectivity index (χ0) is 19.4. The molecule has 7 nitrogen and oxygen atoms in total. The molecule has 1 unspecified atom stereocenters. The second-order valence-corrected chi connectivity index (χ2v) is 6.19. The Balaban J connectivity index is 2.26. The van der Waals surface area contributed by atoms with Crippen molar-refractivity contribution in [2.24, 2.45) is 0 Å². The van der Waals surface area contributed by atoms with Crippen LogP contribution in [0.2, 0.25) is 0 Å². The summed E-state index contributed by atoms with van der Waals surface area (Å²) in [4.78, 5) is 36.0. The molecule has 0 aliphatic rings. The van der Waals surface area contributed by atoms with Crippen molar-refractivity contribution in [2.75, 3.05) is 7.11 Å². The van der Waals surface area contributed by atoms with E-state index in [1.807, 2.05) is 32.0 Å². The summed E-state index contributed by atoms with van der Waals surface area (Å²) >= 11 is 0. The van der Waals surface area contributed by atoms with E-state index in [1.54, 1.807) is 0 Å². The van der Waals surface area contributed by atoms with Gasteiger partial charge in [-0.05, 0) is 26.3 Å². The number of ether oxygens (including phenoxy) is 1. The van der Waals surface area contributed by atoms with E-state index in [0.29, 0.717) is 5.56 Å². The van der Waals surface area contributed by atoms with Crippen LogP contribution in [0.15, 0.2) is 35.3 Å². The summed E-state index contributed by atoms with van der Waals surface area (Å²) < 4.78 is 6.25. The molecule has 0 radical (unpaired) electrons.